The third kappa shape index (κ3) is 1.64. The zero-order valence-corrected chi connectivity index (χ0v) is 9.84. The fourth-order valence-corrected chi connectivity index (χ4v) is 2.50. The van der Waals surface area contributed by atoms with Gasteiger partial charge in [-0.1, -0.05) is 24.3 Å². The van der Waals surface area contributed by atoms with E-state index in [9.17, 15) is 4.79 Å². The number of fused-ring (bicyclic) bond motifs is 1. The van der Waals surface area contributed by atoms with E-state index in [-0.39, 0.29) is 17.4 Å². The maximum atomic E-state index is 11.6. The molecule has 4 N–H and O–H groups in total. The van der Waals surface area contributed by atoms with Crippen LogP contribution in [0.25, 0.3) is 0 Å². The molecule has 5 heteroatoms. The van der Waals surface area contributed by atoms with Crippen molar-refractivity contribution in [3.8, 4) is 0 Å². The van der Waals surface area contributed by atoms with E-state index in [1.54, 1.807) is 0 Å². The second-order valence-electron chi connectivity index (χ2n) is 4.62. The minimum absolute atomic E-state index is 0.0634. The summed E-state index contributed by atoms with van der Waals surface area (Å²) in [6.07, 6.45) is 1.80. The average Bonchev–Trinajstić information content (AvgIpc) is 2.79. The molecule has 5 nitrogen and oxygen atoms in total. The van der Waals surface area contributed by atoms with Crippen molar-refractivity contribution in [2.45, 2.75) is 18.8 Å². The SMILES string of the molecule is Nc1nc(C2Cc3ccccc3C2)cc(=O)n1N. The van der Waals surface area contributed by atoms with Gasteiger partial charge in [0.25, 0.3) is 5.56 Å². The Hall–Kier alpha value is -2.30. The minimum Gasteiger partial charge on any atom is -0.368 e. The van der Waals surface area contributed by atoms with Gasteiger partial charge in [-0.25, -0.2) is 4.98 Å². The number of nitrogens with zero attached hydrogens (tertiary/aromatic N) is 2. The summed E-state index contributed by atoms with van der Waals surface area (Å²) < 4.78 is 0.867. The molecule has 3 rings (SSSR count). The largest absolute Gasteiger partial charge is 0.368 e. The van der Waals surface area contributed by atoms with E-state index in [0.29, 0.717) is 0 Å². The van der Waals surface area contributed by atoms with Crippen molar-refractivity contribution in [2.24, 2.45) is 0 Å². The van der Waals surface area contributed by atoms with Gasteiger partial charge in [0.05, 0.1) is 5.69 Å². The van der Waals surface area contributed by atoms with Gasteiger partial charge >= 0.3 is 0 Å². The van der Waals surface area contributed by atoms with Crippen LogP contribution in [0, 0.1) is 0 Å². The summed E-state index contributed by atoms with van der Waals surface area (Å²) in [5.74, 6) is 5.73. The Bertz CT molecular complexity index is 637. The first-order valence-electron chi connectivity index (χ1n) is 5.86. The molecule has 18 heavy (non-hydrogen) atoms. The van der Waals surface area contributed by atoms with E-state index in [0.717, 1.165) is 23.2 Å². The van der Waals surface area contributed by atoms with Crippen molar-refractivity contribution < 1.29 is 0 Å². The van der Waals surface area contributed by atoms with Gasteiger partial charge in [0, 0.05) is 12.0 Å². The average molecular weight is 242 g/mol. The summed E-state index contributed by atoms with van der Waals surface area (Å²) in [6, 6.07) is 9.76. The zero-order chi connectivity index (χ0) is 12.7. The summed E-state index contributed by atoms with van der Waals surface area (Å²) in [4.78, 5) is 15.8. The van der Waals surface area contributed by atoms with Crippen LogP contribution in [0.15, 0.2) is 35.1 Å². The Labute approximate surface area is 104 Å². The molecule has 92 valence electrons. The summed E-state index contributed by atoms with van der Waals surface area (Å²) in [5.41, 5.74) is 8.68. The molecular formula is C13H14N4O. The standard InChI is InChI=1S/C13H14N4O/c14-13-16-11(7-12(18)17(13)15)10-5-8-3-1-2-4-9(8)6-10/h1-4,7,10H,5-6,15H2,(H2,14,16). The highest BCUT2D eigenvalue weighted by molar-refractivity contribution is 5.36. The molecule has 0 radical (unpaired) electrons. The molecule has 0 bridgehead atoms. The maximum Gasteiger partial charge on any atom is 0.273 e. The third-order valence-electron chi connectivity index (χ3n) is 3.47. The Morgan fingerprint density at radius 2 is 1.83 bits per heavy atom. The lowest BCUT2D eigenvalue weighted by molar-refractivity contribution is 0.701. The lowest BCUT2D eigenvalue weighted by Gasteiger charge is -2.10. The van der Waals surface area contributed by atoms with Crippen LogP contribution < -0.4 is 17.1 Å². The van der Waals surface area contributed by atoms with E-state index in [2.05, 4.69) is 17.1 Å². The van der Waals surface area contributed by atoms with E-state index >= 15 is 0 Å². The van der Waals surface area contributed by atoms with Crippen LogP contribution in [0.5, 0.6) is 0 Å². The first-order chi connectivity index (χ1) is 8.65. The van der Waals surface area contributed by atoms with Gasteiger partial charge in [-0.3, -0.25) is 4.79 Å². The van der Waals surface area contributed by atoms with Crippen LogP contribution in [0.1, 0.15) is 22.7 Å². The molecule has 0 unspecified atom stereocenters. The molecule has 0 saturated carbocycles. The van der Waals surface area contributed by atoms with Gasteiger partial charge < -0.3 is 11.6 Å². The molecule has 0 atom stereocenters. The molecule has 1 aromatic carbocycles. The molecule has 0 aliphatic heterocycles. The van der Waals surface area contributed by atoms with Crippen molar-refractivity contribution in [3.63, 3.8) is 0 Å². The molecule has 2 aromatic rings. The normalized spacial score (nSPS) is 14.7. The van der Waals surface area contributed by atoms with Crippen molar-refractivity contribution in [3.05, 3.63) is 57.5 Å². The number of benzene rings is 1. The van der Waals surface area contributed by atoms with Crippen LogP contribution in [0.2, 0.25) is 0 Å². The summed E-state index contributed by atoms with van der Waals surface area (Å²) in [5, 5.41) is 0. The molecule has 1 aliphatic rings. The summed E-state index contributed by atoms with van der Waals surface area (Å²) >= 11 is 0. The first kappa shape index (κ1) is 10.8. The zero-order valence-electron chi connectivity index (χ0n) is 9.84. The topological polar surface area (TPSA) is 86.9 Å². The van der Waals surface area contributed by atoms with Gasteiger partial charge in [-0.2, -0.15) is 4.68 Å². The predicted molar refractivity (Wildman–Crippen MR) is 69.7 cm³/mol. The Morgan fingerprint density at radius 3 is 2.39 bits per heavy atom. The predicted octanol–water partition coefficient (Wildman–Crippen LogP) is 0.422. The third-order valence-corrected chi connectivity index (χ3v) is 3.47. The van der Waals surface area contributed by atoms with Gasteiger partial charge in [-0.15, -0.1) is 0 Å². The molecule has 1 heterocycles. The van der Waals surface area contributed by atoms with E-state index in [1.807, 2.05) is 12.1 Å². The monoisotopic (exact) mass is 242 g/mol. The number of hydrogen-bond donors (Lipinski definition) is 2. The Morgan fingerprint density at radius 1 is 1.22 bits per heavy atom. The molecule has 1 aliphatic carbocycles. The summed E-state index contributed by atoms with van der Waals surface area (Å²) in [6.45, 7) is 0. The van der Waals surface area contributed by atoms with E-state index in [4.69, 9.17) is 11.6 Å². The smallest absolute Gasteiger partial charge is 0.273 e. The quantitative estimate of drug-likeness (QED) is 0.709. The van der Waals surface area contributed by atoms with Crippen LogP contribution >= 0.6 is 0 Å². The molecule has 0 fully saturated rings. The number of nitrogen functional groups attached to an aromatic ring is 2. The van der Waals surface area contributed by atoms with Gasteiger partial charge in [0.15, 0.2) is 0 Å². The lowest BCUT2D eigenvalue weighted by Crippen LogP contribution is -2.31. The van der Waals surface area contributed by atoms with Crippen molar-refractivity contribution in [2.75, 3.05) is 11.6 Å². The molecule has 0 saturated heterocycles. The number of hydrogen-bond acceptors (Lipinski definition) is 4. The van der Waals surface area contributed by atoms with Gasteiger partial charge in [-0.05, 0) is 24.0 Å². The van der Waals surface area contributed by atoms with E-state index in [1.165, 1.54) is 17.2 Å². The molecular weight excluding hydrogens is 228 g/mol. The van der Waals surface area contributed by atoms with Crippen LogP contribution in [0.3, 0.4) is 0 Å². The Kier molecular flexibility index (Phi) is 2.33. The fourth-order valence-electron chi connectivity index (χ4n) is 2.50. The van der Waals surface area contributed by atoms with Gasteiger partial charge in [0.2, 0.25) is 5.95 Å². The number of aromatic nitrogens is 2. The number of rotatable bonds is 1. The molecule has 0 spiro atoms. The highest BCUT2D eigenvalue weighted by atomic mass is 16.1. The number of nitrogens with two attached hydrogens (primary N) is 2. The summed E-state index contributed by atoms with van der Waals surface area (Å²) in [7, 11) is 0. The lowest BCUT2D eigenvalue weighted by atomic mass is 10.0. The van der Waals surface area contributed by atoms with Crippen molar-refractivity contribution in [1.29, 1.82) is 0 Å². The molecule has 0 amide bonds. The highest BCUT2D eigenvalue weighted by Gasteiger charge is 2.24. The van der Waals surface area contributed by atoms with Crippen molar-refractivity contribution >= 4 is 5.95 Å². The van der Waals surface area contributed by atoms with Crippen LogP contribution in [-0.2, 0) is 12.8 Å². The minimum atomic E-state index is -0.312. The second kappa shape index (κ2) is 3.87. The van der Waals surface area contributed by atoms with Crippen molar-refractivity contribution in [1.82, 2.24) is 9.66 Å². The molecule has 1 aromatic heterocycles. The maximum absolute atomic E-state index is 11.6. The second-order valence-corrected chi connectivity index (χ2v) is 4.62. The van der Waals surface area contributed by atoms with Crippen LogP contribution in [0.4, 0.5) is 5.95 Å². The highest BCUT2D eigenvalue weighted by Crippen LogP contribution is 2.32. The first-order valence-corrected chi connectivity index (χ1v) is 5.86. The van der Waals surface area contributed by atoms with Gasteiger partial charge in [0.1, 0.15) is 0 Å². The number of anilines is 1. The van der Waals surface area contributed by atoms with E-state index < -0.39 is 0 Å². The Balaban J connectivity index is 1.98. The fraction of sp³-hybridized carbons (Fsp3) is 0.231. The van der Waals surface area contributed by atoms with Crippen LogP contribution in [-0.4, -0.2) is 9.66 Å².